The fourth-order valence-electron chi connectivity index (χ4n) is 3.72. The quantitative estimate of drug-likeness (QED) is 0.764. The molecule has 8 nitrogen and oxygen atoms in total. The van der Waals surface area contributed by atoms with Crippen LogP contribution in [0.1, 0.15) is 46.3 Å². The second-order valence-corrected chi connectivity index (χ2v) is 6.89. The highest BCUT2D eigenvalue weighted by atomic mass is 16.5. The zero-order chi connectivity index (χ0) is 18.8. The Morgan fingerprint density at radius 2 is 2.26 bits per heavy atom. The average molecular weight is 370 g/mol. The van der Waals surface area contributed by atoms with Crippen LogP contribution in [0.15, 0.2) is 35.1 Å². The Kier molecular flexibility index (Phi) is 4.81. The molecular formula is C19H22N4O4. The fourth-order valence-corrected chi connectivity index (χ4v) is 3.72. The summed E-state index contributed by atoms with van der Waals surface area (Å²) in [5.41, 5.74) is 2.51. The molecule has 4 rings (SSSR count). The second-order valence-electron chi connectivity index (χ2n) is 6.89. The van der Waals surface area contributed by atoms with Crippen molar-refractivity contribution < 1.29 is 18.7 Å². The molecular weight excluding hydrogens is 348 g/mol. The van der Waals surface area contributed by atoms with Crippen molar-refractivity contribution in [3.63, 3.8) is 0 Å². The number of aromatic nitrogens is 1. The molecule has 1 aromatic heterocycles. The van der Waals surface area contributed by atoms with Crippen molar-refractivity contribution in [2.45, 2.75) is 38.6 Å². The average Bonchev–Trinajstić information content (AvgIpc) is 3.11. The van der Waals surface area contributed by atoms with Crippen LogP contribution >= 0.6 is 0 Å². The van der Waals surface area contributed by atoms with Crippen LogP contribution in [0.2, 0.25) is 0 Å². The van der Waals surface area contributed by atoms with E-state index >= 15 is 0 Å². The van der Waals surface area contributed by atoms with Crippen molar-refractivity contribution in [1.82, 2.24) is 20.9 Å². The van der Waals surface area contributed by atoms with Crippen LogP contribution in [0, 0.1) is 12.8 Å². The maximum atomic E-state index is 12.2. The van der Waals surface area contributed by atoms with Gasteiger partial charge in [-0.1, -0.05) is 24.3 Å². The first kappa shape index (κ1) is 17.5. The third kappa shape index (κ3) is 3.66. The van der Waals surface area contributed by atoms with Gasteiger partial charge in [-0.3, -0.25) is 4.79 Å². The summed E-state index contributed by atoms with van der Waals surface area (Å²) in [5, 5.41) is 8.70. The van der Waals surface area contributed by atoms with Gasteiger partial charge in [0.05, 0.1) is 11.7 Å². The molecule has 0 spiro atoms. The van der Waals surface area contributed by atoms with E-state index in [-0.39, 0.29) is 35.9 Å². The van der Waals surface area contributed by atoms with E-state index < -0.39 is 0 Å². The highest BCUT2D eigenvalue weighted by molar-refractivity contribution is 5.92. The van der Waals surface area contributed by atoms with Gasteiger partial charge in [-0.2, -0.15) is 0 Å². The van der Waals surface area contributed by atoms with Crippen molar-refractivity contribution in [3.05, 3.63) is 53.2 Å². The standard InChI is InChI=1S/C19H22N4O4/c1-11-16(27-10-21-11)17(24)20-9-12-4-2-5-13(8-12)15-14-6-3-7-26-18(14)23-19(25)22-15/h2,4-5,8,10,14-15,18H,3,6-7,9H2,1H3,(H,20,24)(H2,22,23,25)/t14-,15-,18-/m0/s1. The Morgan fingerprint density at radius 1 is 1.37 bits per heavy atom. The first-order valence-electron chi connectivity index (χ1n) is 9.07. The number of oxazole rings is 1. The molecule has 1 aromatic carbocycles. The molecule has 2 aliphatic heterocycles. The van der Waals surface area contributed by atoms with Crippen LogP contribution in [0.3, 0.4) is 0 Å². The molecule has 142 valence electrons. The van der Waals surface area contributed by atoms with Crippen LogP contribution in [0.25, 0.3) is 0 Å². The lowest BCUT2D eigenvalue weighted by Crippen LogP contribution is -2.58. The Labute approximate surface area is 156 Å². The van der Waals surface area contributed by atoms with E-state index in [1.54, 1.807) is 6.92 Å². The van der Waals surface area contributed by atoms with Gasteiger partial charge in [0.25, 0.3) is 5.91 Å². The molecule has 2 fully saturated rings. The number of carbonyl (C=O) groups is 2. The third-order valence-corrected chi connectivity index (χ3v) is 5.07. The van der Waals surface area contributed by atoms with Crippen LogP contribution in [0.4, 0.5) is 4.79 Å². The minimum Gasteiger partial charge on any atom is -0.438 e. The maximum Gasteiger partial charge on any atom is 0.317 e. The molecule has 8 heteroatoms. The summed E-state index contributed by atoms with van der Waals surface area (Å²) in [6.07, 6.45) is 2.96. The minimum atomic E-state index is -0.300. The molecule has 0 bridgehead atoms. The Morgan fingerprint density at radius 3 is 3.07 bits per heavy atom. The highest BCUT2D eigenvalue weighted by Gasteiger charge is 2.39. The summed E-state index contributed by atoms with van der Waals surface area (Å²) in [4.78, 5) is 28.1. The molecule has 0 radical (unpaired) electrons. The number of carbonyl (C=O) groups excluding carboxylic acids is 2. The zero-order valence-electron chi connectivity index (χ0n) is 15.0. The van der Waals surface area contributed by atoms with E-state index in [0.717, 1.165) is 24.0 Å². The summed E-state index contributed by atoms with van der Waals surface area (Å²) in [5.74, 6) is 0.100. The number of urea groups is 1. The number of ether oxygens (including phenoxy) is 1. The lowest BCUT2D eigenvalue weighted by atomic mass is 9.85. The molecule has 3 atom stereocenters. The van der Waals surface area contributed by atoms with Gasteiger partial charge < -0.3 is 25.1 Å². The van der Waals surface area contributed by atoms with Gasteiger partial charge in [-0.25, -0.2) is 9.78 Å². The SMILES string of the molecule is Cc1ncoc1C(=O)NCc1cccc([C@@H]2NC(=O)N[C@H]3OCCC[C@H]32)c1. The van der Waals surface area contributed by atoms with E-state index in [9.17, 15) is 9.59 Å². The maximum absolute atomic E-state index is 12.2. The lowest BCUT2D eigenvalue weighted by Gasteiger charge is -2.42. The van der Waals surface area contributed by atoms with Crippen molar-refractivity contribution in [1.29, 1.82) is 0 Å². The lowest BCUT2D eigenvalue weighted by molar-refractivity contribution is -0.0602. The minimum absolute atomic E-state index is 0.115. The Balaban J connectivity index is 1.47. The van der Waals surface area contributed by atoms with Crippen LogP contribution < -0.4 is 16.0 Å². The Bertz CT molecular complexity index is 850. The summed E-state index contributed by atoms with van der Waals surface area (Å²) in [6, 6.07) is 7.54. The number of aryl methyl sites for hydroxylation is 1. The number of rotatable bonds is 4. The van der Waals surface area contributed by atoms with E-state index in [2.05, 4.69) is 20.9 Å². The van der Waals surface area contributed by atoms with E-state index in [4.69, 9.17) is 9.15 Å². The third-order valence-electron chi connectivity index (χ3n) is 5.07. The van der Waals surface area contributed by atoms with Crippen molar-refractivity contribution in [3.8, 4) is 0 Å². The Hall–Kier alpha value is -2.87. The van der Waals surface area contributed by atoms with Gasteiger partial charge in [-0.15, -0.1) is 0 Å². The van der Waals surface area contributed by atoms with E-state index in [1.807, 2.05) is 24.3 Å². The number of nitrogens with one attached hydrogen (secondary N) is 3. The topological polar surface area (TPSA) is 105 Å². The van der Waals surface area contributed by atoms with Crippen molar-refractivity contribution in [2.24, 2.45) is 5.92 Å². The molecule has 2 saturated heterocycles. The number of fused-ring (bicyclic) bond motifs is 1. The number of hydrogen-bond donors (Lipinski definition) is 3. The molecule has 2 aromatic rings. The van der Waals surface area contributed by atoms with Gasteiger partial charge >= 0.3 is 6.03 Å². The number of amides is 3. The van der Waals surface area contributed by atoms with Gasteiger partial charge in [0.15, 0.2) is 6.39 Å². The van der Waals surface area contributed by atoms with Crippen LogP contribution in [-0.4, -0.2) is 29.8 Å². The second kappa shape index (κ2) is 7.40. The zero-order valence-corrected chi connectivity index (χ0v) is 15.0. The predicted octanol–water partition coefficient (Wildman–Crippen LogP) is 2.02. The molecule has 2 aliphatic rings. The smallest absolute Gasteiger partial charge is 0.317 e. The van der Waals surface area contributed by atoms with Gasteiger partial charge in [0, 0.05) is 19.1 Å². The molecule has 3 heterocycles. The first-order valence-corrected chi connectivity index (χ1v) is 9.07. The predicted molar refractivity (Wildman–Crippen MR) is 95.7 cm³/mol. The molecule has 0 aliphatic carbocycles. The van der Waals surface area contributed by atoms with E-state index in [0.29, 0.717) is 18.8 Å². The van der Waals surface area contributed by atoms with Crippen molar-refractivity contribution >= 4 is 11.9 Å². The highest BCUT2D eigenvalue weighted by Crippen LogP contribution is 2.34. The van der Waals surface area contributed by atoms with E-state index in [1.165, 1.54) is 6.39 Å². The first-order chi connectivity index (χ1) is 13.1. The summed E-state index contributed by atoms with van der Waals surface area (Å²) >= 11 is 0. The summed E-state index contributed by atoms with van der Waals surface area (Å²) < 4.78 is 10.8. The summed E-state index contributed by atoms with van der Waals surface area (Å²) in [7, 11) is 0. The van der Waals surface area contributed by atoms with Crippen LogP contribution in [-0.2, 0) is 11.3 Å². The number of benzene rings is 1. The molecule has 3 N–H and O–H groups in total. The van der Waals surface area contributed by atoms with Gasteiger partial charge in [-0.05, 0) is 30.9 Å². The fraction of sp³-hybridized carbons (Fsp3) is 0.421. The van der Waals surface area contributed by atoms with Gasteiger partial charge in [0.1, 0.15) is 6.23 Å². The number of hydrogen-bond acceptors (Lipinski definition) is 5. The molecule has 0 unspecified atom stereocenters. The molecule has 0 saturated carbocycles. The molecule has 3 amide bonds. The van der Waals surface area contributed by atoms with Gasteiger partial charge in [0.2, 0.25) is 5.76 Å². The number of nitrogens with zero attached hydrogens (tertiary/aromatic N) is 1. The van der Waals surface area contributed by atoms with Crippen molar-refractivity contribution in [2.75, 3.05) is 6.61 Å². The largest absolute Gasteiger partial charge is 0.438 e. The monoisotopic (exact) mass is 370 g/mol. The normalized spacial score (nSPS) is 24.5. The summed E-state index contributed by atoms with van der Waals surface area (Å²) in [6.45, 7) is 2.75. The molecule has 27 heavy (non-hydrogen) atoms. The van der Waals surface area contributed by atoms with Crippen LogP contribution in [0.5, 0.6) is 0 Å².